The summed E-state index contributed by atoms with van der Waals surface area (Å²) in [7, 11) is 0. The van der Waals surface area contributed by atoms with E-state index >= 15 is 0 Å². The summed E-state index contributed by atoms with van der Waals surface area (Å²) in [5.74, 6) is 0.576. The molecule has 0 amide bonds. The van der Waals surface area contributed by atoms with E-state index in [1.165, 1.54) is 0 Å². The van der Waals surface area contributed by atoms with Crippen LogP contribution < -0.4 is 0 Å². The summed E-state index contributed by atoms with van der Waals surface area (Å²) >= 11 is 0. The van der Waals surface area contributed by atoms with Crippen LogP contribution in [0.2, 0.25) is 0 Å². The molecule has 0 fully saturated rings. The van der Waals surface area contributed by atoms with Gasteiger partial charge in [0.1, 0.15) is 6.21 Å². The molecule has 1 N–H and O–H groups in total. The van der Waals surface area contributed by atoms with Gasteiger partial charge in [-0.1, -0.05) is 23.4 Å². The maximum absolute atomic E-state index is 8.24. The predicted octanol–water partition coefficient (Wildman–Crippen LogP) is 1.54. The number of benzene rings is 1. The molecule has 0 saturated carbocycles. The van der Waals surface area contributed by atoms with Crippen molar-refractivity contribution in [3.8, 4) is 11.5 Å². The van der Waals surface area contributed by atoms with E-state index in [4.69, 9.17) is 9.62 Å². The van der Waals surface area contributed by atoms with Crippen LogP contribution >= 0.6 is 0 Å². The summed E-state index contributed by atoms with van der Waals surface area (Å²) in [6.07, 6.45) is 1.08. The molecule has 0 spiro atoms. The Labute approximate surface area is 79.7 Å². The highest BCUT2D eigenvalue weighted by atomic mass is 16.4. The lowest BCUT2D eigenvalue weighted by atomic mass is 10.2. The predicted molar refractivity (Wildman–Crippen MR) is 49.1 cm³/mol. The summed E-state index contributed by atoms with van der Waals surface area (Å²) in [5, 5.41) is 18.5. The van der Waals surface area contributed by atoms with Crippen molar-refractivity contribution in [3.63, 3.8) is 0 Å². The number of oxime groups is 1. The van der Waals surface area contributed by atoms with Crippen molar-refractivity contribution < 1.29 is 9.62 Å². The maximum atomic E-state index is 8.24. The molecule has 14 heavy (non-hydrogen) atoms. The molecule has 1 heterocycles. The Kier molecular flexibility index (Phi) is 2.22. The van der Waals surface area contributed by atoms with Gasteiger partial charge in [-0.2, -0.15) is 0 Å². The van der Waals surface area contributed by atoms with E-state index in [0.29, 0.717) is 5.89 Å². The molecule has 70 valence electrons. The third-order valence-electron chi connectivity index (χ3n) is 1.63. The Morgan fingerprint density at radius 1 is 1.21 bits per heavy atom. The largest absolute Gasteiger partial charge is 0.415 e. The molecular weight excluding hydrogens is 182 g/mol. The van der Waals surface area contributed by atoms with E-state index in [1.807, 2.05) is 30.3 Å². The quantitative estimate of drug-likeness (QED) is 0.442. The second-order valence-electron chi connectivity index (χ2n) is 2.56. The van der Waals surface area contributed by atoms with Crippen LogP contribution in [0.5, 0.6) is 0 Å². The van der Waals surface area contributed by atoms with E-state index in [-0.39, 0.29) is 5.89 Å². The fourth-order valence-corrected chi connectivity index (χ4v) is 1.03. The van der Waals surface area contributed by atoms with Gasteiger partial charge in [0.15, 0.2) is 0 Å². The van der Waals surface area contributed by atoms with E-state index in [0.717, 1.165) is 11.8 Å². The van der Waals surface area contributed by atoms with Crippen molar-refractivity contribution in [1.82, 2.24) is 10.2 Å². The SMILES string of the molecule is O/N=C\c1nnc(-c2ccccc2)o1. The zero-order chi connectivity index (χ0) is 9.80. The molecule has 1 aromatic carbocycles. The number of nitrogens with zero attached hydrogens (tertiary/aromatic N) is 3. The Morgan fingerprint density at radius 2 is 2.00 bits per heavy atom. The molecule has 0 aliphatic heterocycles. The second-order valence-corrected chi connectivity index (χ2v) is 2.56. The lowest BCUT2D eigenvalue weighted by Gasteiger charge is -1.90. The van der Waals surface area contributed by atoms with Crippen LogP contribution in [0.15, 0.2) is 39.9 Å². The van der Waals surface area contributed by atoms with Crippen LogP contribution in [-0.4, -0.2) is 21.6 Å². The highest BCUT2D eigenvalue weighted by molar-refractivity contribution is 5.72. The normalized spacial score (nSPS) is 10.9. The van der Waals surface area contributed by atoms with Gasteiger partial charge in [-0.25, -0.2) is 0 Å². The summed E-state index contributed by atoms with van der Waals surface area (Å²) < 4.78 is 5.18. The fourth-order valence-electron chi connectivity index (χ4n) is 1.03. The molecule has 2 rings (SSSR count). The standard InChI is InChI=1S/C9H7N3O2/c13-10-6-8-11-12-9(14-8)7-4-2-1-3-5-7/h1-6,13H/b10-6-. The molecule has 2 aromatic rings. The van der Waals surface area contributed by atoms with Crippen LogP contribution in [0, 0.1) is 0 Å². The first-order valence-corrected chi connectivity index (χ1v) is 3.96. The van der Waals surface area contributed by atoms with Gasteiger partial charge in [-0.3, -0.25) is 0 Å². The van der Waals surface area contributed by atoms with Crippen LogP contribution in [0.3, 0.4) is 0 Å². The molecule has 0 aliphatic rings. The van der Waals surface area contributed by atoms with Crippen molar-refractivity contribution in [2.24, 2.45) is 5.16 Å². The van der Waals surface area contributed by atoms with Gasteiger partial charge in [-0.05, 0) is 12.1 Å². The van der Waals surface area contributed by atoms with Gasteiger partial charge in [-0.15, -0.1) is 10.2 Å². The Morgan fingerprint density at radius 3 is 2.71 bits per heavy atom. The average molecular weight is 189 g/mol. The monoisotopic (exact) mass is 189 g/mol. The van der Waals surface area contributed by atoms with E-state index < -0.39 is 0 Å². The zero-order valence-corrected chi connectivity index (χ0v) is 7.16. The lowest BCUT2D eigenvalue weighted by molar-refractivity contribution is 0.320. The smallest absolute Gasteiger partial charge is 0.262 e. The molecule has 0 atom stereocenters. The second kappa shape index (κ2) is 3.69. The molecule has 5 nitrogen and oxygen atoms in total. The van der Waals surface area contributed by atoms with E-state index in [9.17, 15) is 0 Å². The van der Waals surface area contributed by atoms with Crippen LogP contribution in [-0.2, 0) is 0 Å². The summed E-state index contributed by atoms with van der Waals surface area (Å²) in [4.78, 5) is 0. The van der Waals surface area contributed by atoms with Crippen LogP contribution in [0.25, 0.3) is 11.5 Å². The number of rotatable bonds is 2. The third kappa shape index (κ3) is 1.61. The first kappa shape index (κ1) is 8.43. The highest BCUT2D eigenvalue weighted by Gasteiger charge is 2.05. The van der Waals surface area contributed by atoms with Gasteiger partial charge < -0.3 is 9.62 Å². The number of aromatic nitrogens is 2. The summed E-state index contributed by atoms with van der Waals surface area (Å²) in [6, 6.07) is 9.36. The minimum Gasteiger partial charge on any atom is -0.415 e. The molecule has 0 radical (unpaired) electrons. The van der Waals surface area contributed by atoms with Gasteiger partial charge in [0, 0.05) is 5.56 Å². The first-order valence-electron chi connectivity index (χ1n) is 3.96. The molecule has 5 heteroatoms. The van der Waals surface area contributed by atoms with Crippen molar-refractivity contribution in [2.75, 3.05) is 0 Å². The van der Waals surface area contributed by atoms with Crippen molar-refractivity contribution in [1.29, 1.82) is 0 Å². The minimum atomic E-state index is 0.173. The summed E-state index contributed by atoms with van der Waals surface area (Å²) in [5.41, 5.74) is 0.831. The molecule has 0 aliphatic carbocycles. The first-order chi connectivity index (χ1) is 6.90. The molecule has 0 bridgehead atoms. The van der Waals surface area contributed by atoms with Crippen molar-refractivity contribution in [2.45, 2.75) is 0 Å². The average Bonchev–Trinajstić information content (AvgIpc) is 2.68. The lowest BCUT2D eigenvalue weighted by Crippen LogP contribution is -1.78. The van der Waals surface area contributed by atoms with Gasteiger partial charge in [0.05, 0.1) is 0 Å². The molecule has 1 aromatic heterocycles. The number of hydrogen-bond acceptors (Lipinski definition) is 5. The van der Waals surface area contributed by atoms with Crippen molar-refractivity contribution in [3.05, 3.63) is 36.2 Å². The maximum Gasteiger partial charge on any atom is 0.262 e. The molecular formula is C9H7N3O2. The molecule has 0 unspecified atom stereocenters. The number of hydrogen-bond donors (Lipinski definition) is 1. The minimum absolute atomic E-state index is 0.173. The Balaban J connectivity index is 2.34. The zero-order valence-electron chi connectivity index (χ0n) is 7.16. The third-order valence-corrected chi connectivity index (χ3v) is 1.63. The fraction of sp³-hybridized carbons (Fsp3) is 0. The van der Waals surface area contributed by atoms with E-state index in [1.54, 1.807) is 0 Å². The van der Waals surface area contributed by atoms with Crippen LogP contribution in [0.1, 0.15) is 5.89 Å². The van der Waals surface area contributed by atoms with Crippen LogP contribution in [0.4, 0.5) is 0 Å². The van der Waals surface area contributed by atoms with Gasteiger partial charge in [0.2, 0.25) is 5.89 Å². The van der Waals surface area contributed by atoms with Gasteiger partial charge in [0.25, 0.3) is 5.89 Å². The van der Waals surface area contributed by atoms with Gasteiger partial charge >= 0.3 is 0 Å². The van der Waals surface area contributed by atoms with Crippen molar-refractivity contribution >= 4 is 6.21 Å². The van der Waals surface area contributed by atoms with E-state index in [2.05, 4.69) is 15.4 Å². The Hall–Kier alpha value is -2.17. The highest BCUT2D eigenvalue weighted by Crippen LogP contribution is 2.15. The topological polar surface area (TPSA) is 71.5 Å². The Bertz CT molecular complexity index is 436. The molecule has 0 saturated heterocycles. The summed E-state index contributed by atoms with van der Waals surface area (Å²) in [6.45, 7) is 0.